The van der Waals surface area contributed by atoms with Crippen LogP contribution >= 0.6 is 11.8 Å². The van der Waals surface area contributed by atoms with Gasteiger partial charge in [0.1, 0.15) is 0 Å². The Labute approximate surface area is 142 Å². The molecule has 0 bridgehead atoms. The van der Waals surface area contributed by atoms with Gasteiger partial charge in [-0.3, -0.25) is 14.9 Å². The van der Waals surface area contributed by atoms with E-state index in [1.807, 2.05) is 13.1 Å². The molecule has 0 fully saturated rings. The van der Waals surface area contributed by atoms with Crippen LogP contribution in [0.3, 0.4) is 0 Å². The zero-order chi connectivity index (χ0) is 17.1. The van der Waals surface area contributed by atoms with E-state index in [1.165, 1.54) is 17.8 Å². The predicted molar refractivity (Wildman–Crippen MR) is 90.3 cm³/mol. The average Bonchev–Trinajstić information content (AvgIpc) is 3.00. The fraction of sp³-hybridized carbons (Fsp3) is 0.0588. The zero-order valence-corrected chi connectivity index (χ0v) is 13.6. The minimum Gasteiger partial charge on any atom is -0.329 e. The van der Waals surface area contributed by atoms with E-state index in [0.29, 0.717) is 15.6 Å². The van der Waals surface area contributed by atoms with Crippen molar-refractivity contribution in [3.63, 3.8) is 0 Å². The minimum absolute atomic E-state index is 0.107. The molecular weight excluding hydrogens is 326 g/mol. The van der Waals surface area contributed by atoms with Crippen LogP contribution in [0.1, 0.15) is 15.9 Å². The van der Waals surface area contributed by atoms with Crippen molar-refractivity contribution in [2.24, 2.45) is 7.05 Å². The molecular formula is C17H13N3O3S. The number of imidazole rings is 1. The van der Waals surface area contributed by atoms with Crippen LogP contribution in [0.5, 0.6) is 0 Å². The molecule has 6 nitrogen and oxygen atoms in total. The molecule has 0 radical (unpaired) electrons. The first-order valence-corrected chi connectivity index (χ1v) is 7.91. The second kappa shape index (κ2) is 6.67. The standard InChI is InChI=1S/C17H13N3O3S/c1-19-10-9-18-17(19)24-15-8-7-13(11-14(15)20(22)23)16(21)12-5-3-2-4-6-12/h2-11H,1H3. The Morgan fingerprint density at radius 3 is 2.54 bits per heavy atom. The van der Waals surface area contributed by atoms with Crippen LogP contribution in [0.15, 0.2) is 71.0 Å². The molecule has 0 atom stereocenters. The van der Waals surface area contributed by atoms with Crippen LogP contribution < -0.4 is 0 Å². The van der Waals surface area contributed by atoms with Gasteiger partial charge < -0.3 is 4.57 Å². The fourth-order valence-electron chi connectivity index (χ4n) is 2.19. The number of aryl methyl sites for hydroxylation is 1. The first-order valence-electron chi connectivity index (χ1n) is 7.09. The smallest absolute Gasteiger partial charge is 0.284 e. The highest BCUT2D eigenvalue weighted by Crippen LogP contribution is 2.34. The largest absolute Gasteiger partial charge is 0.329 e. The van der Waals surface area contributed by atoms with Crippen molar-refractivity contribution in [2.45, 2.75) is 10.1 Å². The summed E-state index contributed by atoms with van der Waals surface area (Å²) < 4.78 is 1.78. The van der Waals surface area contributed by atoms with Crippen molar-refractivity contribution >= 4 is 23.2 Å². The second-order valence-corrected chi connectivity index (χ2v) is 6.07. The monoisotopic (exact) mass is 339 g/mol. The number of hydrogen-bond acceptors (Lipinski definition) is 5. The molecule has 0 saturated carbocycles. The third-order valence-corrected chi connectivity index (χ3v) is 4.57. The third-order valence-electron chi connectivity index (χ3n) is 3.43. The fourth-order valence-corrected chi connectivity index (χ4v) is 3.08. The summed E-state index contributed by atoms with van der Waals surface area (Å²) in [6, 6.07) is 13.2. The Morgan fingerprint density at radius 2 is 1.92 bits per heavy atom. The van der Waals surface area contributed by atoms with Crippen LogP contribution in [-0.4, -0.2) is 20.3 Å². The van der Waals surface area contributed by atoms with E-state index in [2.05, 4.69) is 4.98 Å². The second-order valence-electron chi connectivity index (χ2n) is 5.06. The Bertz CT molecular complexity index is 906. The number of ketones is 1. The Kier molecular flexibility index (Phi) is 4.43. The van der Waals surface area contributed by atoms with Crippen molar-refractivity contribution in [3.8, 4) is 0 Å². The van der Waals surface area contributed by atoms with Crippen LogP contribution in [0.25, 0.3) is 0 Å². The number of carbonyl (C=O) groups excluding carboxylic acids is 1. The van der Waals surface area contributed by atoms with E-state index >= 15 is 0 Å². The molecule has 2 aromatic carbocycles. The van der Waals surface area contributed by atoms with E-state index in [1.54, 1.807) is 53.4 Å². The highest BCUT2D eigenvalue weighted by atomic mass is 32.2. The van der Waals surface area contributed by atoms with Crippen molar-refractivity contribution in [3.05, 3.63) is 82.2 Å². The van der Waals surface area contributed by atoms with Gasteiger partial charge in [0.25, 0.3) is 5.69 Å². The van der Waals surface area contributed by atoms with Crippen molar-refractivity contribution < 1.29 is 9.72 Å². The van der Waals surface area contributed by atoms with E-state index in [4.69, 9.17) is 0 Å². The number of hydrogen-bond donors (Lipinski definition) is 0. The van der Waals surface area contributed by atoms with Crippen LogP contribution in [0.4, 0.5) is 5.69 Å². The van der Waals surface area contributed by atoms with Crippen LogP contribution in [0.2, 0.25) is 0 Å². The zero-order valence-electron chi connectivity index (χ0n) is 12.7. The lowest BCUT2D eigenvalue weighted by Crippen LogP contribution is -2.03. The molecule has 0 N–H and O–H groups in total. The summed E-state index contributed by atoms with van der Waals surface area (Å²) in [5.74, 6) is -0.243. The SMILES string of the molecule is Cn1ccnc1Sc1ccc(C(=O)c2ccccc2)cc1[N+](=O)[O-]. The molecule has 3 rings (SSSR count). The summed E-state index contributed by atoms with van der Waals surface area (Å²) in [7, 11) is 1.81. The number of rotatable bonds is 5. The number of benzene rings is 2. The van der Waals surface area contributed by atoms with Gasteiger partial charge >= 0.3 is 0 Å². The Balaban J connectivity index is 1.97. The van der Waals surface area contributed by atoms with Crippen molar-refractivity contribution in [2.75, 3.05) is 0 Å². The summed E-state index contributed by atoms with van der Waals surface area (Å²) in [6.45, 7) is 0. The molecule has 0 aliphatic rings. The van der Waals surface area contributed by atoms with Gasteiger partial charge in [-0.1, -0.05) is 30.3 Å². The van der Waals surface area contributed by atoms with Gasteiger partial charge in [0, 0.05) is 36.6 Å². The average molecular weight is 339 g/mol. The Hall–Kier alpha value is -2.93. The topological polar surface area (TPSA) is 78.0 Å². The van der Waals surface area contributed by atoms with Crippen molar-refractivity contribution in [1.82, 2.24) is 9.55 Å². The molecule has 0 aliphatic carbocycles. The molecule has 0 amide bonds. The molecule has 24 heavy (non-hydrogen) atoms. The molecule has 0 aliphatic heterocycles. The summed E-state index contributed by atoms with van der Waals surface area (Å²) >= 11 is 1.19. The molecule has 0 spiro atoms. The van der Waals surface area contributed by atoms with E-state index in [0.717, 1.165) is 0 Å². The lowest BCUT2D eigenvalue weighted by atomic mass is 10.0. The third kappa shape index (κ3) is 3.21. The highest BCUT2D eigenvalue weighted by Gasteiger charge is 2.20. The quantitative estimate of drug-likeness (QED) is 0.402. The minimum atomic E-state index is -0.479. The molecule has 120 valence electrons. The van der Waals surface area contributed by atoms with E-state index in [-0.39, 0.29) is 17.0 Å². The molecule has 1 heterocycles. The number of nitrogens with zero attached hydrogens (tertiary/aromatic N) is 3. The van der Waals surface area contributed by atoms with E-state index in [9.17, 15) is 14.9 Å². The molecule has 0 saturated heterocycles. The number of aromatic nitrogens is 2. The summed E-state index contributed by atoms with van der Waals surface area (Å²) in [5, 5.41) is 12.0. The van der Waals surface area contributed by atoms with Gasteiger partial charge in [-0.2, -0.15) is 0 Å². The van der Waals surface area contributed by atoms with Gasteiger partial charge in [-0.05, 0) is 23.9 Å². The van der Waals surface area contributed by atoms with Gasteiger partial charge in [-0.15, -0.1) is 0 Å². The maximum Gasteiger partial charge on any atom is 0.284 e. The summed E-state index contributed by atoms with van der Waals surface area (Å²) in [4.78, 5) is 28.0. The number of nitro groups is 1. The van der Waals surface area contributed by atoms with Crippen molar-refractivity contribution in [1.29, 1.82) is 0 Å². The first kappa shape index (κ1) is 15.9. The number of carbonyl (C=O) groups is 1. The van der Waals surface area contributed by atoms with Gasteiger partial charge in [-0.25, -0.2) is 4.98 Å². The number of nitro benzene ring substituents is 1. The Morgan fingerprint density at radius 1 is 1.17 bits per heavy atom. The van der Waals surface area contributed by atoms with Gasteiger partial charge in [0.15, 0.2) is 10.9 Å². The normalized spacial score (nSPS) is 10.5. The first-order chi connectivity index (χ1) is 11.6. The van der Waals surface area contributed by atoms with Gasteiger partial charge in [0.2, 0.25) is 0 Å². The van der Waals surface area contributed by atoms with Crippen LogP contribution in [0, 0.1) is 10.1 Å². The van der Waals surface area contributed by atoms with E-state index < -0.39 is 4.92 Å². The lowest BCUT2D eigenvalue weighted by molar-refractivity contribution is -0.387. The molecule has 0 unspecified atom stereocenters. The maximum absolute atomic E-state index is 12.5. The summed E-state index contributed by atoms with van der Waals surface area (Å²) in [6.07, 6.45) is 3.39. The maximum atomic E-state index is 12.5. The highest BCUT2D eigenvalue weighted by molar-refractivity contribution is 7.99. The molecule has 1 aromatic heterocycles. The van der Waals surface area contributed by atoms with Crippen LogP contribution in [-0.2, 0) is 7.05 Å². The summed E-state index contributed by atoms with van der Waals surface area (Å²) in [5.41, 5.74) is 0.679. The predicted octanol–water partition coefficient (Wildman–Crippen LogP) is 3.71. The lowest BCUT2D eigenvalue weighted by Gasteiger charge is -2.06. The van der Waals surface area contributed by atoms with Gasteiger partial charge in [0.05, 0.1) is 9.82 Å². The molecule has 7 heteroatoms. The molecule has 3 aromatic rings.